The molecule has 1 saturated heterocycles. The van der Waals surface area contributed by atoms with Gasteiger partial charge in [0.2, 0.25) is 0 Å². The van der Waals surface area contributed by atoms with E-state index in [1.807, 2.05) is 12.3 Å². The van der Waals surface area contributed by atoms with Gasteiger partial charge in [-0.15, -0.1) is 0 Å². The molecule has 2 N–H and O–H groups in total. The van der Waals surface area contributed by atoms with Gasteiger partial charge in [-0.1, -0.05) is 0 Å². The average molecular weight is 249 g/mol. The van der Waals surface area contributed by atoms with E-state index in [4.69, 9.17) is 10.5 Å². The van der Waals surface area contributed by atoms with Crippen molar-refractivity contribution >= 4 is 5.69 Å². The van der Waals surface area contributed by atoms with Crippen LogP contribution in [0.15, 0.2) is 18.3 Å². The van der Waals surface area contributed by atoms with Crippen LogP contribution in [0, 0.1) is 0 Å². The number of hydrogen-bond acceptors (Lipinski definition) is 4. The third-order valence-corrected chi connectivity index (χ3v) is 3.07. The molecule has 1 aliphatic heterocycles. The number of pyridine rings is 1. The van der Waals surface area contributed by atoms with E-state index in [2.05, 4.69) is 43.6 Å². The summed E-state index contributed by atoms with van der Waals surface area (Å²) < 4.78 is 6.09. The Morgan fingerprint density at radius 2 is 1.89 bits per heavy atom. The number of anilines is 1. The van der Waals surface area contributed by atoms with Gasteiger partial charge in [0.1, 0.15) is 0 Å². The van der Waals surface area contributed by atoms with Crippen LogP contribution in [0.25, 0.3) is 0 Å². The number of nitrogens with two attached hydrogens (primary N) is 1. The van der Waals surface area contributed by atoms with Crippen LogP contribution in [0.2, 0.25) is 0 Å². The summed E-state index contributed by atoms with van der Waals surface area (Å²) in [5.41, 5.74) is 7.46. The monoisotopic (exact) mass is 249 g/mol. The van der Waals surface area contributed by atoms with E-state index in [-0.39, 0.29) is 11.2 Å². The Kier molecular flexibility index (Phi) is 3.34. The number of nitrogens with zero attached hydrogens (tertiary/aromatic N) is 2. The molecule has 1 aromatic rings. The molecule has 2 heterocycles. The van der Waals surface area contributed by atoms with Crippen molar-refractivity contribution in [2.75, 3.05) is 18.0 Å². The van der Waals surface area contributed by atoms with Gasteiger partial charge in [-0.3, -0.25) is 4.98 Å². The van der Waals surface area contributed by atoms with Gasteiger partial charge in [0.25, 0.3) is 0 Å². The van der Waals surface area contributed by atoms with Gasteiger partial charge in [-0.25, -0.2) is 0 Å². The molecule has 1 aliphatic rings. The fourth-order valence-electron chi connectivity index (χ4n) is 2.74. The molecule has 0 spiro atoms. The first-order valence-corrected chi connectivity index (χ1v) is 6.41. The zero-order chi connectivity index (χ0) is 13.4. The Balaban J connectivity index is 2.26. The van der Waals surface area contributed by atoms with Crippen molar-refractivity contribution in [2.24, 2.45) is 5.73 Å². The number of hydrogen-bond donors (Lipinski definition) is 1. The molecular formula is C14H23N3O. The molecule has 0 bridgehead atoms. The summed E-state index contributed by atoms with van der Waals surface area (Å²) in [4.78, 5) is 6.59. The maximum atomic E-state index is 6.09. The van der Waals surface area contributed by atoms with Gasteiger partial charge in [-0.2, -0.15) is 0 Å². The van der Waals surface area contributed by atoms with Gasteiger partial charge < -0.3 is 15.4 Å². The van der Waals surface area contributed by atoms with Crippen LogP contribution >= 0.6 is 0 Å². The number of rotatable bonds is 2. The fraction of sp³-hybridized carbons (Fsp3) is 0.643. The number of ether oxygens (including phenoxy) is 1. The third kappa shape index (κ3) is 3.00. The largest absolute Gasteiger partial charge is 0.366 e. The zero-order valence-corrected chi connectivity index (χ0v) is 11.7. The summed E-state index contributed by atoms with van der Waals surface area (Å²) in [5, 5.41) is 0. The quantitative estimate of drug-likeness (QED) is 0.870. The summed E-state index contributed by atoms with van der Waals surface area (Å²) >= 11 is 0. The SMILES string of the molecule is CC1(C)CN(c2ccnc(CN)c2)CC(C)(C)O1. The van der Waals surface area contributed by atoms with Crippen molar-refractivity contribution < 1.29 is 4.74 Å². The first kappa shape index (κ1) is 13.3. The summed E-state index contributed by atoms with van der Waals surface area (Å²) in [6.07, 6.45) is 1.83. The third-order valence-electron chi connectivity index (χ3n) is 3.07. The Labute approximate surface area is 109 Å². The lowest BCUT2D eigenvalue weighted by Gasteiger charge is -2.48. The summed E-state index contributed by atoms with van der Waals surface area (Å²) in [6.45, 7) is 10.8. The fourth-order valence-corrected chi connectivity index (χ4v) is 2.74. The molecule has 4 heteroatoms. The molecule has 0 saturated carbocycles. The molecule has 1 fully saturated rings. The highest BCUT2D eigenvalue weighted by Crippen LogP contribution is 2.31. The van der Waals surface area contributed by atoms with E-state index in [0.29, 0.717) is 6.54 Å². The maximum Gasteiger partial charge on any atom is 0.0808 e. The smallest absolute Gasteiger partial charge is 0.0808 e. The second-order valence-electron chi connectivity index (χ2n) is 6.19. The van der Waals surface area contributed by atoms with Gasteiger partial charge in [-0.05, 0) is 39.8 Å². The lowest BCUT2D eigenvalue weighted by molar-refractivity contribution is -0.133. The Hall–Kier alpha value is -1.13. The van der Waals surface area contributed by atoms with Crippen LogP contribution in [-0.2, 0) is 11.3 Å². The Bertz CT molecular complexity index is 413. The minimum atomic E-state index is -0.145. The molecule has 0 aliphatic carbocycles. The number of morpholine rings is 1. The molecule has 0 unspecified atom stereocenters. The molecule has 2 rings (SSSR count). The molecule has 0 atom stereocenters. The van der Waals surface area contributed by atoms with Crippen molar-refractivity contribution in [3.8, 4) is 0 Å². The first-order chi connectivity index (χ1) is 8.31. The minimum absolute atomic E-state index is 0.145. The van der Waals surface area contributed by atoms with Crippen LogP contribution in [0.4, 0.5) is 5.69 Å². The van der Waals surface area contributed by atoms with Crippen LogP contribution in [0.1, 0.15) is 33.4 Å². The highest BCUT2D eigenvalue weighted by Gasteiger charge is 2.38. The molecule has 4 nitrogen and oxygen atoms in total. The standard InChI is InChI=1S/C14H23N3O/c1-13(2)9-17(10-14(3,4)18-13)12-5-6-16-11(7-12)8-15/h5-7H,8-10,15H2,1-4H3. The van der Waals surface area contributed by atoms with Gasteiger partial charge in [0.15, 0.2) is 0 Å². The molecule has 0 aromatic carbocycles. The van der Waals surface area contributed by atoms with Crippen molar-refractivity contribution in [3.05, 3.63) is 24.0 Å². The van der Waals surface area contributed by atoms with Crippen molar-refractivity contribution in [2.45, 2.75) is 45.4 Å². The topological polar surface area (TPSA) is 51.4 Å². The maximum absolute atomic E-state index is 6.09. The van der Waals surface area contributed by atoms with E-state index < -0.39 is 0 Å². The minimum Gasteiger partial charge on any atom is -0.366 e. The predicted octanol–water partition coefficient (Wildman–Crippen LogP) is 1.93. The average Bonchev–Trinajstić information content (AvgIpc) is 2.25. The van der Waals surface area contributed by atoms with Crippen LogP contribution in [0.5, 0.6) is 0 Å². The summed E-state index contributed by atoms with van der Waals surface area (Å²) in [5.74, 6) is 0. The van der Waals surface area contributed by atoms with E-state index in [0.717, 1.165) is 18.8 Å². The van der Waals surface area contributed by atoms with Crippen LogP contribution in [-0.4, -0.2) is 29.3 Å². The Morgan fingerprint density at radius 1 is 1.28 bits per heavy atom. The lowest BCUT2D eigenvalue weighted by atomic mass is 9.98. The van der Waals surface area contributed by atoms with Crippen LogP contribution in [0.3, 0.4) is 0 Å². The highest BCUT2D eigenvalue weighted by molar-refractivity contribution is 5.48. The lowest BCUT2D eigenvalue weighted by Crippen LogP contribution is -2.57. The van der Waals surface area contributed by atoms with E-state index in [1.165, 1.54) is 5.69 Å². The molecule has 18 heavy (non-hydrogen) atoms. The van der Waals surface area contributed by atoms with E-state index in [9.17, 15) is 0 Å². The highest BCUT2D eigenvalue weighted by atomic mass is 16.5. The van der Waals surface area contributed by atoms with Gasteiger partial charge >= 0.3 is 0 Å². The van der Waals surface area contributed by atoms with Crippen molar-refractivity contribution in [1.82, 2.24) is 4.98 Å². The number of aromatic nitrogens is 1. The molecule has 0 radical (unpaired) electrons. The Morgan fingerprint density at radius 3 is 2.44 bits per heavy atom. The first-order valence-electron chi connectivity index (χ1n) is 6.41. The molecular weight excluding hydrogens is 226 g/mol. The van der Waals surface area contributed by atoms with Gasteiger partial charge in [0.05, 0.1) is 16.9 Å². The van der Waals surface area contributed by atoms with Crippen LogP contribution < -0.4 is 10.6 Å². The zero-order valence-electron chi connectivity index (χ0n) is 11.7. The summed E-state index contributed by atoms with van der Waals surface area (Å²) in [7, 11) is 0. The normalized spacial score (nSPS) is 21.9. The molecule has 1 aromatic heterocycles. The molecule has 0 amide bonds. The predicted molar refractivity (Wildman–Crippen MR) is 73.6 cm³/mol. The van der Waals surface area contributed by atoms with Crippen molar-refractivity contribution in [1.29, 1.82) is 0 Å². The van der Waals surface area contributed by atoms with Gasteiger partial charge in [0, 0.05) is 31.5 Å². The second kappa shape index (κ2) is 4.52. The van der Waals surface area contributed by atoms with E-state index in [1.54, 1.807) is 0 Å². The second-order valence-corrected chi connectivity index (χ2v) is 6.19. The molecule has 100 valence electrons. The van der Waals surface area contributed by atoms with E-state index >= 15 is 0 Å². The van der Waals surface area contributed by atoms with Crippen molar-refractivity contribution in [3.63, 3.8) is 0 Å². The summed E-state index contributed by atoms with van der Waals surface area (Å²) in [6, 6.07) is 4.11.